The Kier molecular flexibility index (Phi) is 8.57. The number of likely N-dealkylation sites (N-methyl/N-ethyl adjacent to an activating group) is 1. The zero-order chi connectivity index (χ0) is 23.8. The third-order valence-electron chi connectivity index (χ3n) is 5.81. The molecule has 0 spiro atoms. The number of benzene rings is 2. The van der Waals surface area contributed by atoms with Gasteiger partial charge in [0.25, 0.3) is 0 Å². The molecule has 0 atom stereocenters. The van der Waals surface area contributed by atoms with Crippen molar-refractivity contribution in [2.75, 3.05) is 62.3 Å². The van der Waals surface area contributed by atoms with Crippen LogP contribution in [-0.4, -0.2) is 72.4 Å². The first-order valence-corrected chi connectivity index (χ1v) is 13.0. The van der Waals surface area contributed by atoms with Crippen LogP contribution in [-0.2, 0) is 21.4 Å². The molecule has 33 heavy (non-hydrogen) atoms. The Bertz CT molecular complexity index is 1020. The lowest BCUT2D eigenvalue weighted by Gasteiger charge is -2.34. The molecule has 3 rings (SSSR count). The molecule has 1 N–H and O–H groups in total. The van der Waals surface area contributed by atoms with E-state index in [4.69, 9.17) is 4.74 Å². The van der Waals surface area contributed by atoms with E-state index in [2.05, 4.69) is 34.3 Å². The molecule has 1 aliphatic heterocycles. The van der Waals surface area contributed by atoms with Gasteiger partial charge in [-0.15, -0.1) is 0 Å². The van der Waals surface area contributed by atoms with Crippen molar-refractivity contribution in [1.82, 2.24) is 10.2 Å². The number of carbonyl (C=O) groups is 1. The van der Waals surface area contributed by atoms with E-state index in [1.54, 1.807) is 24.3 Å². The Morgan fingerprint density at radius 2 is 1.73 bits per heavy atom. The summed E-state index contributed by atoms with van der Waals surface area (Å²) in [6.45, 7) is 4.81. The minimum atomic E-state index is -3.51. The lowest BCUT2D eigenvalue weighted by Crippen LogP contribution is -2.44. The number of anilines is 2. The lowest BCUT2D eigenvalue weighted by atomic mass is 10.1. The monoisotopic (exact) mass is 474 g/mol. The molecule has 1 saturated heterocycles. The van der Waals surface area contributed by atoms with Crippen LogP contribution in [0.5, 0.6) is 5.75 Å². The molecule has 0 unspecified atom stereocenters. The first-order valence-electron chi connectivity index (χ1n) is 11.2. The molecule has 0 bridgehead atoms. The van der Waals surface area contributed by atoms with Gasteiger partial charge >= 0.3 is 0 Å². The molecule has 9 heteroatoms. The average molecular weight is 475 g/mol. The van der Waals surface area contributed by atoms with Crippen LogP contribution in [0.15, 0.2) is 48.5 Å². The van der Waals surface area contributed by atoms with Crippen LogP contribution in [0.25, 0.3) is 0 Å². The fraction of sp³-hybridized carbons (Fsp3) is 0.458. The molecule has 2 aromatic carbocycles. The molecule has 0 aromatic heterocycles. The van der Waals surface area contributed by atoms with Gasteiger partial charge in [-0.1, -0.05) is 24.3 Å². The maximum atomic E-state index is 12.3. The van der Waals surface area contributed by atoms with Gasteiger partial charge in [-0.05, 0) is 43.3 Å². The Morgan fingerprint density at radius 3 is 2.36 bits per heavy atom. The maximum absolute atomic E-state index is 12.3. The van der Waals surface area contributed by atoms with Gasteiger partial charge in [-0.3, -0.25) is 9.10 Å². The number of carbonyl (C=O) groups excluding carboxylic acids is 1. The van der Waals surface area contributed by atoms with Crippen LogP contribution < -0.4 is 19.3 Å². The Hall–Kier alpha value is -2.78. The Balaban J connectivity index is 1.47. The minimum Gasteiger partial charge on any atom is -0.495 e. The molecule has 0 aliphatic carbocycles. The van der Waals surface area contributed by atoms with Crippen LogP contribution >= 0.6 is 0 Å². The highest BCUT2D eigenvalue weighted by Crippen LogP contribution is 2.29. The van der Waals surface area contributed by atoms with E-state index in [1.807, 2.05) is 12.1 Å². The number of sulfonamides is 1. The molecule has 1 amide bonds. The van der Waals surface area contributed by atoms with Crippen LogP contribution in [0.4, 0.5) is 11.4 Å². The van der Waals surface area contributed by atoms with E-state index in [1.165, 1.54) is 17.1 Å². The highest BCUT2D eigenvalue weighted by atomic mass is 32.2. The summed E-state index contributed by atoms with van der Waals surface area (Å²) in [5.41, 5.74) is 2.71. The van der Waals surface area contributed by atoms with Gasteiger partial charge in [0.05, 0.1) is 19.1 Å². The number of nitrogens with one attached hydrogen (secondary N) is 1. The quantitative estimate of drug-likeness (QED) is 0.569. The number of hydrogen-bond donors (Lipinski definition) is 1. The zero-order valence-corrected chi connectivity index (χ0v) is 20.5. The highest BCUT2D eigenvalue weighted by molar-refractivity contribution is 7.92. The summed E-state index contributed by atoms with van der Waals surface area (Å²) in [6, 6.07) is 15.3. The molecule has 1 aliphatic rings. The number of para-hydroxylation sites is 2. The molecule has 0 saturated carbocycles. The first-order chi connectivity index (χ1) is 15.8. The van der Waals surface area contributed by atoms with Crippen molar-refractivity contribution in [3.63, 3.8) is 0 Å². The number of methoxy groups -OCH3 is 1. The standard InChI is InChI=1S/C24H34N4O4S/c1-26-15-17-27(18-16-26)21-12-10-20(11-13-21)19-25-24(29)9-6-14-28(33(3,30)31)22-7-4-5-8-23(22)32-2/h4-5,7-8,10-13H,6,9,14-19H2,1-3H3,(H,25,29). The van der Waals surface area contributed by atoms with E-state index in [9.17, 15) is 13.2 Å². The van der Waals surface area contributed by atoms with Gasteiger partial charge < -0.3 is 19.9 Å². The number of amides is 1. The SMILES string of the molecule is COc1ccccc1N(CCCC(=O)NCc1ccc(N2CCN(C)CC2)cc1)S(C)(=O)=O. The maximum Gasteiger partial charge on any atom is 0.232 e. The van der Waals surface area contributed by atoms with Crippen molar-refractivity contribution in [1.29, 1.82) is 0 Å². The fourth-order valence-electron chi connectivity index (χ4n) is 3.86. The third-order valence-corrected chi connectivity index (χ3v) is 6.99. The van der Waals surface area contributed by atoms with Crippen LogP contribution in [0.2, 0.25) is 0 Å². The van der Waals surface area contributed by atoms with Gasteiger partial charge in [0.15, 0.2) is 0 Å². The van der Waals surface area contributed by atoms with E-state index in [0.717, 1.165) is 38.0 Å². The summed E-state index contributed by atoms with van der Waals surface area (Å²) in [6.07, 6.45) is 1.80. The summed E-state index contributed by atoms with van der Waals surface area (Å²) >= 11 is 0. The van der Waals surface area contributed by atoms with Gasteiger partial charge in [0, 0.05) is 51.4 Å². The number of hydrogen-bond acceptors (Lipinski definition) is 6. The van der Waals surface area contributed by atoms with Crippen molar-refractivity contribution in [2.45, 2.75) is 19.4 Å². The summed E-state index contributed by atoms with van der Waals surface area (Å²) in [5, 5.41) is 2.93. The largest absolute Gasteiger partial charge is 0.495 e. The van der Waals surface area contributed by atoms with Crippen molar-refractivity contribution in [3.05, 3.63) is 54.1 Å². The molecule has 0 radical (unpaired) electrons. The smallest absolute Gasteiger partial charge is 0.232 e. The van der Waals surface area contributed by atoms with E-state index < -0.39 is 10.0 Å². The van der Waals surface area contributed by atoms with E-state index in [0.29, 0.717) is 24.4 Å². The summed E-state index contributed by atoms with van der Waals surface area (Å²) in [7, 11) is 0.138. The van der Waals surface area contributed by atoms with Crippen molar-refractivity contribution in [2.24, 2.45) is 0 Å². The van der Waals surface area contributed by atoms with Gasteiger partial charge in [0.1, 0.15) is 5.75 Å². The molecule has 180 valence electrons. The molecule has 1 fully saturated rings. The number of piperazine rings is 1. The number of nitrogens with zero attached hydrogens (tertiary/aromatic N) is 3. The van der Waals surface area contributed by atoms with Gasteiger partial charge in [-0.2, -0.15) is 0 Å². The molecule has 2 aromatic rings. The second-order valence-electron chi connectivity index (χ2n) is 8.34. The average Bonchev–Trinajstić information content (AvgIpc) is 2.80. The van der Waals surface area contributed by atoms with Crippen molar-refractivity contribution in [3.8, 4) is 5.75 Å². The van der Waals surface area contributed by atoms with Crippen molar-refractivity contribution < 1.29 is 17.9 Å². The lowest BCUT2D eigenvalue weighted by molar-refractivity contribution is -0.121. The molecular formula is C24H34N4O4S. The second-order valence-corrected chi connectivity index (χ2v) is 10.3. The fourth-order valence-corrected chi connectivity index (χ4v) is 4.83. The van der Waals surface area contributed by atoms with Crippen molar-refractivity contribution >= 4 is 27.3 Å². The molecule has 1 heterocycles. The first kappa shape index (κ1) is 24.9. The van der Waals surface area contributed by atoms with Gasteiger partial charge in [-0.25, -0.2) is 8.42 Å². The molecule has 8 nitrogen and oxygen atoms in total. The van der Waals surface area contributed by atoms with Gasteiger partial charge in [0.2, 0.25) is 15.9 Å². The zero-order valence-electron chi connectivity index (χ0n) is 19.7. The summed E-state index contributed by atoms with van der Waals surface area (Å²) < 4.78 is 31.2. The molecular weight excluding hydrogens is 440 g/mol. The number of rotatable bonds is 10. The predicted molar refractivity (Wildman–Crippen MR) is 132 cm³/mol. The highest BCUT2D eigenvalue weighted by Gasteiger charge is 2.21. The van der Waals surface area contributed by atoms with Crippen LogP contribution in [0.1, 0.15) is 18.4 Å². The van der Waals surface area contributed by atoms with E-state index >= 15 is 0 Å². The summed E-state index contributed by atoms with van der Waals surface area (Å²) in [5.74, 6) is 0.374. The van der Waals surface area contributed by atoms with E-state index in [-0.39, 0.29) is 18.9 Å². The third kappa shape index (κ3) is 7.10. The van der Waals surface area contributed by atoms with Crippen LogP contribution in [0.3, 0.4) is 0 Å². The van der Waals surface area contributed by atoms with Crippen LogP contribution in [0, 0.1) is 0 Å². The normalized spacial score (nSPS) is 14.7. The predicted octanol–water partition coefficient (Wildman–Crippen LogP) is 2.31. The second kappa shape index (κ2) is 11.4. The summed E-state index contributed by atoms with van der Waals surface area (Å²) in [4.78, 5) is 17.0. The number of ether oxygens (including phenoxy) is 1. The Labute approximate surface area is 197 Å². The minimum absolute atomic E-state index is 0.105. The Morgan fingerprint density at radius 1 is 1.06 bits per heavy atom. The topological polar surface area (TPSA) is 82.2 Å².